The van der Waals surface area contributed by atoms with E-state index >= 15 is 0 Å². The molecule has 0 amide bonds. The van der Waals surface area contributed by atoms with Gasteiger partial charge in [0.25, 0.3) is 0 Å². The molecular weight excluding hydrogens is 425 g/mol. The number of guanidine groups is 1. The molecular formula is C20H32IN3O. The minimum absolute atomic E-state index is 0. The first-order valence-corrected chi connectivity index (χ1v) is 9.25. The smallest absolute Gasteiger partial charge is 0.193 e. The summed E-state index contributed by atoms with van der Waals surface area (Å²) in [4.78, 5) is 6.97. The van der Waals surface area contributed by atoms with Crippen LogP contribution in [0.1, 0.15) is 43.2 Å². The fourth-order valence-corrected chi connectivity index (χ4v) is 4.39. The molecule has 5 heteroatoms. The Bertz CT molecular complexity index is 597. The molecule has 1 aliphatic carbocycles. The Labute approximate surface area is 169 Å². The summed E-state index contributed by atoms with van der Waals surface area (Å²) in [5.41, 5.74) is 3.12. The summed E-state index contributed by atoms with van der Waals surface area (Å²) >= 11 is 0. The molecule has 0 bridgehead atoms. The minimum Gasteiger partial charge on any atom is -0.496 e. The molecule has 1 saturated carbocycles. The number of ether oxygens (including phenoxy) is 1. The maximum atomic E-state index is 5.48. The maximum absolute atomic E-state index is 5.48. The zero-order chi connectivity index (χ0) is 17.0. The van der Waals surface area contributed by atoms with E-state index in [0.717, 1.165) is 31.2 Å². The molecule has 2 fully saturated rings. The average molecular weight is 457 g/mol. The van der Waals surface area contributed by atoms with Gasteiger partial charge in [0.2, 0.25) is 0 Å². The summed E-state index contributed by atoms with van der Waals surface area (Å²) in [6.07, 6.45) is 7.91. The van der Waals surface area contributed by atoms with Crippen LogP contribution in [0.2, 0.25) is 0 Å². The monoisotopic (exact) mass is 457 g/mol. The zero-order valence-electron chi connectivity index (χ0n) is 15.8. The van der Waals surface area contributed by atoms with Crippen molar-refractivity contribution in [3.05, 3.63) is 29.3 Å². The Kier molecular flexibility index (Phi) is 7.40. The van der Waals surface area contributed by atoms with Crippen molar-refractivity contribution in [1.29, 1.82) is 0 Å². The average Bonchev–Trinajstić information content (AvgIpc) is 3.22. The molecule has 4 nitrogen and oxygen atoms in total. The van der Waals surface area contributed by atoms with Gasteiger partial charge in [0.05, 0.1) is 7.11 Å². The lowest BCUT2D eigenvalue weighted by Gasteiger charge is -2.26. The molecule has 1 aliphatic heterocycles. The van der Waals surface area contributed by atoms with Crippen molar-refractivity contribution in [3.63, 3.8) is 0 Å². The van der Waals surface area contributed by atoms with Gasteiger partial charge >= 0.3 is 0 Å². The first-order chi connectivity index (χ1) is 11.7. The van der Waals surface area contributed by atoms with Gasteiger partial charge < -0.3 is 15.0 Å². The third kappa shape index (κ3) is 4.80. The van der Waals surface area contributed by atoms with Crippen molar-refractivity contribution in [1.82, 2.24) is 10.2 Å². The Morgan fingerprint density at radius 1 is 1.28 bits per heavy atom. The van der Waals surface area contributed by atoms with Crippen molar-refractivity contribution < 1.29 is 4.74 Å². The van der Waals surface area contributed by atoms with E-state index in [2.05, 4.69) is 40.3 Å². The molecule has 1 heterocycles. The van der Waals surface area contributed by atoms with Crippen LogP contribution in [0.4, 0.5) is 0 Å². The van der Waals surface area contributed by atoms with Crippen LogP contribution >= 0.6 is 24.0 Å². The van der Waals surface area contributed by atoms with Crippen molar-refractivity contribution in [2.45, 2.75) is 45.4 Å². The molecule has 140 valence electrons. The Morgan fingerprint density at radius 2 is 2.04 bits per heavy atom. The van der Waals surface area contributed by atoms with Gasteiger partial charge in [-0.3, -0.25) is 4.99 Å². The quantitative estimate of drug-likeness (QED) is 0.422. The number of rotatable bonds is 4. The first kappa shape index (κ1) is 20.3. The van der Waals surface area contributed by atoms with Gasteiger partial charge in [0, 0.05) is 26.7 Å². The lowest BCUT2D eigenvalue weighted by molar-refractivity contribution is 0.309. The van der Waals surface area contributed by atoms with Gasteiger partial charge in [-0.2, -0.15) is 0 Å². The fraction of sp³-hybridized carbons (Fsp3) is 0.650. The Balaban J connectivity index is 0.00000225. The van der Waals surface area contributed by atoms with E-state index in [0.29, 0.717) is 5.41 Å². The van der Waals surface area contributed by atoms with E-state index in [-0.39, 0.29) is 24.0 Å². The van der Waals surface area contributed by atoms with E-state index in [9.17, 15) is 0 Å². The topological polar surface area (TPSA) is 36.9 Å². The van der Waals surface area contributed by atoms with Crippen LogP contribution in [0.5, 0.6) is 5.75 Å². The normalized spacial score (nSPS) is 19.2. The van der Waals surface area contributed by atoms with E-state index in [1.54, 1.807) is 7.11 Å². The second-order valence-electron chi connectivity index (χ2n) is 7.42. The van der Waals surface area contributed by atoms with Crippen molar-refractivity contribution in [3.8, 4) is 5.75 Å². The van der Waals surface area contributed by atoms with Gasteiger partial charge in [-0.15, -0.1) is 24.0 Å². The van der Waals surface area contributed by atoms with Crippen LogP contribution < -0.4 is 10.1 Å². The third-order valence-corrected chi connectivity index (χ3v) is 5.73. The number of methoxy groups -OCH3 is 1. The number of nitrogens with one attached hydrogen (secondary N) is 1. The highest BCUT2D eigenvalue weighted by Gasteiger charge is 2.40. The largest absolute Gasteiger partial charge is 0.496 e. The van der Waals surface area contributed by atoms with E-state index in [1.165, 1.54) is 49.8 Å². The predicted octanol–water partition coefficient (Wildman–Crippen LogP) is 4.01. The molecule has 0 unspecified atom stereocenters. The van der Waals surface area contributed by atoms with E-state index in [1.807, 2.05) is 7.05 Å². The third-order valence-electron chi connectivity index (χ3n) is 5.73. The number of benzene rings is 1. The van der Waals surface area contributed by atoms with Crippen molar-refractivity contribution in [2.75, 3.05) is 33.8 Å². The van der Waals surface area contributed by atoms with Crippen LogP contribution in [0, 0.1) is 12.3 Å². The molecule has 0 radical (unpaired) electrons. The van der Waals surface area contributed by atoms with Crippen molar-refractivity contribution >= 4 is 29.9 Å². The summed E-state index contributed by atoms with van der Waals surface area (Å²) in [5.74, 6) is 2.04. The van der Waals surface area contributed by atoms with Crippen LogP contribution in [0.15, 0.2) is 23.2 Å². The molecule has 0 atom stereocenters. The minimum atomic E-state index is 0. The highest BCUT2D eigenvalue weighted by molar-refractivity contribution is 14.0. The van der Waals surface area contributed by atoms with Crippen LogP contribution in [0.3, 0.4) is 0 Å². The maximum Gasteiger partial charge on any atom is 0.193 e. The molecule has 25 heavy (non-hydrogen) atoms. The molecule has 1 spiro atoms. The predicted molar refractivity (Wildman–Crippen MR) is 115 cm³/mol. The van der Waals surface area contributed by atoms with Gasteiger partial charge in [0.15, 0.2) is 5.96 Å². The number of aliphatic imine (C=N–C) groups is 1. The fourth-order valence-electron chi connectivity index (χ4n) is 4.39. The lowest BCUT2D eigenvalue weighted by atomic mass is 9.86. The molecule has 1 N–H and O–H groups in total. The van der Waals surface area contributed by atoms with Crippen molar-refractivity contribution in [2.24, 2.45) is 10.4 Å². The van der Waals surface area contributed by atoms with Crippen LogP contribution in [-0.4, -0.2) is 44.7 Å². The second-order valence-corrected chi connectivity index (χ2v) is 7.42. The highest BCUT2D eigenvalue weighted by Crippen LogP contribution is 2.45. The van der Waals surface area contributed by atoms with E-state index < -0.39 is 0 Å². The van der Waals surface area contributed by atoms with Gasteiger partial charge in [-0.05, 0) is 49.7 Å². The Morgan fingerprint density at radius 3 is 2.72 bits per heavy atom. The zero-order valence-corrected chi connectivity index (χ0v) is 18.1. The van der Waals surface area contributed by atoms with Gasteiger partial charge in [0.1, 0.15) is 5.75 Å². The second kappa shape index (κ2) is 9.10. The number of likely N-dealkylation sites (tertiary alicyclic amines) is 1. The summed E-state index contributed by atoms with van der Waals surface area (Å²) in [6, 6.07) is 6.37. The number of nitrogens with zero attached hydrogens (tertiary/aromatic N) is 2. The van der Waals surface area contributed by atoms with Gasteiger partial charge in [-0.25, -0.2) is 0 Å². The summed E-state index contributed by atoms with van der Waals surface area (Å²) < 4.78 is 5.48. The molecule has 1 saturated heterocycles. The van der Waals surface area contributed by atoms with Crippen LogP contribution in [0.25, 0.3) is 0 Å². The first-order valence-electron chi connectivity index (χ1n) is 9.25. The number of halogens is 1. The number of hydrogen-bond acceptors (Lipinski definition) is 2. The lowest BCUT2D eigenvalue weighted by Crippen LogP contribution is -2.41. The summed E-state index contributed by atoms with van der Waals surface area (Å²) in [6.45, 7) is 5.34. The Hall–Kier alpha value is -0.980. The summed E-state index contributed by atoms with van der Waals surface area (Å²) in [7, 11) is 3.64. The highest BCUT2D eigenvalue weighted by atomic mass is 127. The number of hydrogen-bond donors (Lipinski definition) is 1. The molecule has 0 aromatic heterocycles. The molecule has 1 aromatic carbocycles. The molecule has 3 rings (SSSR count). The standard InChI is InChI=1S/C20H31N3O.HI/c1-16-6-7-18(24-3)17(14-16)8-12-22-19(21-2)23-13-11-20(15-23)9-4-5-10-20;/h6-7,14H,4-5,8-13,15H2,1-3H3,(H,21,22);1H. The van der Waals surface area contributed by atoms with E-state index in [4.69, 9.17) is 4.74 Å². The SMILES string of the molecule is CN=C(NCCc1cc(C)ccc1OC)N1CCC2(CCCC2)C1.I. The molecule has 2 aliphatic rings. The summed E-state index contributed by atoms with van der Waals surface area (Å²) in [5, 5.41) is 3.56. The van der Waals surface area contributed by atoms with Crippen LogP contribution in [-0.2, 0) is 6.42 Å². The number of aryl methyl sites for hydroxylation is 1. The molecule has 1 aromatic rings. The van der Waals surface area contributed by atoms with Gasteiger partial charge in [-0.1, -0.05) is 30.5 Å².